The smallest absolute Gasteiger partial charge is 0.141 e. The lowest BCUT2D eigenvalue weighted by molar-refractivity contribution is 0.675. The summed E-state index contributed by atoms with van der Waals surface area (Å²) in [5.41, 5.74) is 7.48. The maximum Gasteiger partial charge on any atom is 0.141 e. The molecule has 2 rings (SSSR count). The SMILES string of the molecule is CSc1nn(Cc2ccccc2)c(N)c1C#N. The molecule has 17 heavy (non-hydrogen) atoms. The molecule has 0 atom stereocenters. The summed E-state index contributed by atoms with van der Waals surface area (Å²) in [6, 6.07) is 12.0. The van der Waals surface area contributed by atoms with Crippen molar-refractivity contribution in [3.8, 4) is 6.07 Å². The number of aromatic nitrogens is 2. The van der Waals surface area contributed by atoms with Crippen LogP contribution < -0.4 is 5.73 Å². The van der Waals surface area contributed by atoms with Crippen LogP contribution in [0.15, 0.2) is 35.4 Å². The molecule has 0 unspecified atom stereocenters. The molecule has 0 aliphatic carbocycles. The fourth-order valence-corrected chi connectivity index (χ4v) is 2.11. The molecular weight excluding hydrogens is 232 g/mol. The van der Waals surface area contributed by atoms with Crippen LogP contribution in [-0.4, -0.2) is 16.0 Å². The molecular formula is C12H12N4S. The van der Waals surface area contributed by atoms with Crippen LogP contribution >= 0.6 is 11.8 Å². The number of thioether (sulfide) groups is 1. The van der Waals surface area contributed by atoms with Gasteiger partial charge in [0.05, 0.1) is 6.54 Å². The summed E-state index contributed by atoms with van der Waals surface area (Å²) < 4.78 is 1.67. The Kier molecular flexibility index (Phi) is 3.35. The Morgan fingerprint density at radius 3 is 2.65 bits per heavy atom. The Bertz CT molecular complexity index is 554. The van der Waals surface area contributed by atoms with E-state index in [1.807, 2.05) is 36.6 Å². The van der Waals surface area contributed by atoms with Crippen molar-refractivity contribution in [3.05, 3.63) is 41.5 Å². The number of nitriles is 1. The molecule has 1 aromatic carbocycles. The van der Waals surface area contributed by atoms with E-state index in [0.29, 0.717) is 23.0 Å². The zero-order valence-corrected chi connectivity index (χ0v) is 10.2. The molecule has 0 spiro atoms. The van der Waals surface area contributed by atoms with E-state index in [4.69, 9.17) is 11.0 Å². The second kappa shape index (κ2) is 4.93. The predicted molar refractivity (Wildman–Crippen MR) is 68.7 cm³/mol. The highest BCUT2D eigenvalue weighted by molar-refractivity contribution is 7.98. The molecule has 0 aliphatic rings. The summed E-state index contributed by atoms with van der Waals surface area (Å²) in [5, 5.41) is 14.0. The topological polar surface area (TPSA) is 67.6 Å². The van der Waals surface area contributed by atoms with Gasteiger partial charge in [0, 0.05) is 0 Å². The first-order chi connectivity index (χ1) is 8.26. The number of nitrogen functional groups attached to an aromatic ring is 1. The highest BCUT2D eigenvalue weighted by atomic mass is 32.2. The van der Waals surface area contributed by atoms with Gasteiger partial charge in [-0.3, -0.25) is 0 Å². The summed E-state index contributed by atoms with van der Waals surface area (Å²) >= 11 is 1.43. The molecule has 5 heteroatoms. The predicted octanol–water partition coefficient (Wildman–Crippen LogP) is 2.11. The second-order valence-corrected chi connectivity index (χ2v) is 4.32. The minimum Gasteiger partial charge on any atom is -0.383 e. The number of nitrogens with two attached hydrogens (primary N) is 1. The van der Waals surface area contributed by atoms with Crippen molar-refractivity contribution >= 4 is 17.6 Å². The lowest BCUT2D eigenvalue weighted by atomic mass is 10.2. The van der Waals surface area contributed by atoms with Gasteiger partial charge in [0.25, 0.3) is 0 Å². The van der Waals surface area contributed by atoms with Crippen molar-refractivity contribution in [2.75, 3.05) is 12.0 Å². The summed E-state index contributed by atoms with van der Waals surface area (Å²) in [4.78, 5) is 0. The fourth-order valence-electron chi connectivity index (χ4n) is 1.58. The Labute approximate surface area is 104 Å². The van der Waals surface area contributed by atoms with Crippen molar-refractivity contribution in [2.24, 2.45) is 0 Å². The van der Waals surface area contributed by atoms with Crippen LogP contribution in [-0.2, 0) is 6.54 Å². The average Bonchev–Trinajstić information content (AvgIpc) is 2.67. The van der Waals surface area contributed by atoms with Gasteiger partial charge >= 0.3 is 0 Å². The first-order valence-electron chi connectivity index (χ1n) is 5.10. The first-order valence-corrected chi connectivity index (χ1v) is 6.33. The van der Waals surface area contributed by atoms with Crippen LogP contribution in [0.4, 0.5) is 5.82 Å². The minimum absolute atomic E-state index is 0.431. The summed E-state index contributed by atoms with van der Waals surface area (Å²) in [6.07, 6.45) is 1.88. The molecule has 0 amide bonds. The molecule has 0 aliphatic heterocycles. The van der Waals surface area contributed by atoms with E-state index < -0.39 is 0 Å². The van der Waals surface area contributed by atoms with E-state index in [2.05, 4.69) is 11.2 Å². The normalized spacial score (nSPS) is 10.1. The van der Waals surface area contributed by atoms with Gasteiger partial charge in [-0.1, -0.05) is 30.3 Å². The Morgan fingerprint density at radius 2 is 2.12 bits per heavy atom. The van der Waals surface area contributed by atoms with Gasteiger partial charge in [0.1, 0.15) is 22.5 Å². The third kappa shape index (κ3) is 2.27. The van der Waals surface area contributed by atoms with Crippen LogP contribution in [0.5, 0.6) is 0 Å². The van der Waals surface area contributed by atoms with Crippen LogP contribution in [0, 0.1) is 11.3 Å². The average molecular weight is 244 g/mol. The molecule has 4 nitrogen and oxygen atoms in total. The number of rotatable bonds is 3. The van der Waals surface area contributed by atoms with Crippen LogP contribution in [0.1, 0.15) is 11.1 Å². The van der Waals surface area contributed by atoms with Crippen molar-refractivity contribution in [3.63, 3.8) is 0 Å². The number of hydrogen-bond acceptors (Lipinski definition) is 4. The van der Waals surface area contributed by atoms with Crippen molar-refractivity contribution < 1.29 is 0 Å². The van der Waals surface area contributed by atoms with E-state index in [9.17, 15) is 0 Å². The largest absolute Gasteiger partial charge is 0.383 e. The van der Waals surface area contributed by atoms with E-state index in [1.54, 1.807) is 4.68 Å². The van der Waals surface area contributed by atoms with Crippen LogP contribution in [0.2, 0.25) is 0 Å². The van der Waals surface area contributed by atoms with Crippen molar-refractivity contribution in [1.29, 1.82) is 5.26 Å². The molecule has 0 fully saturated rings. The van der Waals surface area contributed by atoms with Crippen LogP contribution in [0.25, 0.3) is 0 Å². The molecule has 0 bridgehead atoms. The van der Waals surface area contributed by atoms with E-state index in [-0.39, 0.29) is 0 Å². The van der Waals surface area contributed by atoms with Gasteiger partial charge in [0.15, 0.2) is 0 Å². The molecule has 0 saturated carbocycles. The van der Waals surface area contributed by atoms with Gasteiger partial charge in [0.2, 0.25) is 0 Å². The van der Waals surface area contributed by atoms with Gasteiger partial charge in [-0.2, -0.15) is 10.4 Å². The summed E-state index contributed by atoms with van der Waals surface area (Å²) in [6.45, 7) is 0.585. The monoisotopic (exact) mass is 244 g/mol. The standard InChI is InChI=1S/C12H12N4S/c1-17-12-10(7-13)11(14)16(15-12)8-9-5-3-2-4-6-9/h2-6H,8,14H2,1H3. The van der Waals surface area contributed by atoms with Gasteiger partial charge in [-0.15, -0.1) is 11.8 Å². The third-order valence-electron chi connectivity index (χ3n) is 2.44. The van der Waals surface area contributed by atoms with E-state index in [0.717, 1.165) is 5.56 Å². The molecule has 0 saturated heterocycles. The molecule has 0 radical (unpaired) electrons. The number of benzene rings is 1. The number of anilines is 1. The zero-order chi connectivity index (χ0) is 12.3. The van der Waals surface area contributed by atoms with E-state index >= 15 is 0 Å². The molecule has 1 heterocycles. The Balaban J connectivity index is 2.35. The molecule has 2 aromatic rings. The highest BCUT2D eigenvalue weighted by Gasteiger charge is 2.14. The lowest BCUT2D eigenvalue weighted by Crippen LogP contribution is -2.06. The molecule has 86 valence electrons. The third-order valence-corrected chi connectivity index (χ3v) is 3.11. The van der Waals surface area contributed by atoms with Crippen molar-refractivity contribution in [2.45, 2.75) is 11.6 Å². The molecule has 1 aromatic heterocycles. The van der Waals surface area contributed by atoms with Gasteiger partial charge in [-0.05, 0) is 11.8 Å². The number of hydrogen-bond donors (Lipinski definition) is 1. The summed E-state index contributed by atoms with van der Waals surface area (Å²) in [7, 11) is 0. The van der Waals surface area contributed by atoms with Gasteiger partial charge < -0.3 is 5.73 Å². The van der Waals surface area contributed by atoms with Gasteiger partial charge in [-0.25, -0.2) is 4.68 Å². The van der Waals surface area contributed by atoms with E-state index in [1.165, 1.54) is 11.8 Å². The minimum atomic E-state index is 0.431. The number of nitrogens with zero attached hydrogens (tertiary/aromatic N) is 3. The van der Waals surface area contributed by atoms with Crippen LogP contribution in [0.3, 0.4) is 0 Å². The quantitative estimate of drug-likeness (QED) is 0.840. The maximum atomic E-state index is 9.01. The summed E-state index contributed by atoms with van der Waals surface area (Å²) in [5.74, 6) is 0.431. The molecule has 2 N–H and O–H groups in total. The zero-order valence-electron chi connectivity index (χ0n) is 9.42. The second-order valence-electron chi connectivity index (χ2n) is 3.52. The fraction of sp³-hybridized carbons (Fsp3) is 0.167. The Morgan fingerprint density at radius 1 is 1.41 bits per heavy atom. The Hall–Kier alpha value is -1.93. The first kappa shape index (κ1) is 11.6. The highest BCUT2D eigenvalue weighted by Crippen LogP contribution is 2.24. The lowest BCUT2D eigenvalue weighted by Gasteiger charge is -2.03. The maximum absolute atomic E-state index is 9.01. The van der Waals surface area contributed by atoms with Crippen molar-refractivity contribution in [1.82, 2.24) is 9.78 Å².